The van der Waals surface area contributed by atoms with Gasteiger partial charge < -0.3 is 25.7 Å². The van der Waals surface area contributed by atoms with Crippen LogP contribution in [0.3, 0.4) is 0 Å². The Morgan fingerprint density at radius 2 is 2.14 bits per heavy atom. The number of phenols is 1. The average molecular weight is 471 g/mol. The molecular weight excluding hydrogens is 440 g/mol. The molecule has 5 aliphatic rings. The number of aromatic nitrogens is 1. The van der Waals surface area contributed by atoms with Gasteiger partial charge in [-0.05, 0) is 80.5 Å². The lowest BCUT2D eigenvalue weighted by atomic mass is 9.49. The van der Waals surface area contributed by atoms with Crippen molar-refractivity contribution in [2.45, 2.75) is 62.2 Å². The van der Waals surface area contributed by atoms with Gasteiger partial charge in [0.05, 0.1) is 28.2 Å². The van der Waals surface area contributed by atoms with Crippen LogP contribution in [0.4, 0.5) is 5.69 Å². The predicted octanol–water partition coefficient (Wildman–Crippen LogP) is 3.58. The number of likely N-dealkylation sites (tertiary alicyclic amines) is 1. The van der Waals surface area contributed by atoms with Gasteiger partial charge in [0.25, 0.3) is 0 Å². The summed E-state index contributed by atoms with van der Waals surface area (Å²) in [5.74, 6) is 2.01. The van der Waals surface area contributed by atoms with E-state index in [1.165, 1.54) is 18.4 Å². The Kier molecular flexibility index (Phi) is 3.69. The Balaban J connectivity index is 1.38. The monoisotopic (exact) mass is 470 g/mol. The van der Waals surface area contributed by atoms with E-state index in [0.29, 0.717) is 18.0 Å². The topological polar surface area (TPSA) is 107 Å². The van der Waals surface area contributed by atoms with Gasteiger partial charge in [-0.15, -0.1) is 0 Å². The number of hydrogen-bond acceptors (Lipinski definition) is 5. The first-order valence-corrected chi connectivity index (χ1v) is 12.8. The lowest BCUT2D eigenvalue weighted by Crippen LogP contribution is -2.74. The molecule has 4 atom stereocenters. The molecule has 3 heterocycles. The van der Waals surface area contributed by atoms with Gasteiger partial charge in [0.2, 0.25) is 0 Å². The minimum Gasteiger partial charge on any atom is -0.504 e. The number of aliphatic imine (C=N–C) groups is 1. The Morgan fingerprint density at radius 1 is 1.29 bits per heavy atom. The summed E-state index contributed by atoms with van der Waals surface area (Å²) in [4.78, 5) is 10.7. The Hall–Kier alpha value is -3.03. The Morgan fingerprint density at radius 3 is 2.94 bits per heavy atom. The molecule has 0 radical (unpaired) electrons. The number of nitrogens with two attached hydrogens (primary N) is 1. The molecule has 0 amide bonds. The largest absolute Gasteiger partial charge is 0.504 e. The normalized spacial score (nSPS) is 32.9. The van der Waals surface area contributed by atoms with E-state index in [2.05, 4.69) is 27.0 Å². The molecule has 3 aliphatic carbocycles. The third kappa shape index (κ3) is 2.40. The van der Waals surface area contributed by atoms with Crippen LogP contribution in [-0.4, -0.2) is 50.7 Å². The minimum atomic E-state index is -0.984. The van der Waals surface area contributed by atoms with Crippen LogP contribution >= 0.6 is 0 Å². The number of aromatic hydroxyl groups is 1. The standard InChI is InChI=1S/C28H30N4O3/c1-14(29)30-17-5-6-20-18(11-17)19-12-28(34)22-10-16-4-7-21(33)25-23(16)27(28,26(35-25)24(19)31-20)8-9-32(22)13-15-2-3-15/h4-7,11,15,22,26,31,33-34H,2-3,8-10,12-13H2,1H3,(H2,29,30)/t22?,26-,27-,28+/m0/s1. The molecule has 2 bridgehead atoms. The number of fused-ring (bicyclic) bond motifs is 4. The Bertz CT molecular complexity index is 1450. The number of nitrogens with one attached hydrogen (secondary N) is 1. The first kappa shape index (κ1) is 20.2. The third-order valence-corrected chi connectivity index (χ3v) is 9.45. The van der Waals surface area contributed by atoms with E-state index in [1.807, 2.05) is 12.1 Å². The van der Waals surface area contributed by atoms with E-state index in [0.717, 1.165) is 65.3 Å². The van der Waals surface area contributed by atoms with E-state index in [1.54, 1.807) is 13.0 Å². The van der Waals surface area contributed by atoms with Crippen LogP contribution in [0.1, 0.15) is 54.7 Å². The molecule has 1 saturated carbocycles. The van der Waals surface area contributed by atoms with Crippen molar-refractivity contribution in [3.05, 3.63) is 52.7 Å². The van der Waals surface area contributed by atoms with Gasteiger partial charge in [-0.2, -0.15) is 0 Å². The van der Waals surface area contributed by atoms with Crippen LogP contribution in [-0.2, 0) is 18.3 Å². The van der Waals surface area contributed by atoms with Crippen molar-refractivity contribution in [1.29, 1.82) is 0 Å². The van der Waals surface area contributed by atoms with Gasteiger partial charge in [-0.25, -0.2) is 4.99 Å². The molecule has 2 fully saturated rings. The van der Waals surface area contributed by atoms with Gasteiger partial charge >= 0.3 is 0 Å². The van der Waals surface area contributed by atoms with Crippen molar-refractivity contribution in [2.24, 2.45) is 16.6 Å². The predicted molar refractivity (Wildman–Crippen MR) is 133 cm³/mol. The number of aromatic amines is 1. The third-order valence-electron chi connectivity index (χ3n) is 9.45. The second-order valence-corrected chi connectivity index (χ2v) is 11.4. The maximum atomic E-state index is 12.9. The fourth-order valence-corrected chi connectivity index (χ4v) is 7.88. The van der Waals surface area contributed by atoms with Crippen molar-refractivity contribution < 1.29 is 14.9 Å². The van der Waals surface area contributed by atoms with Crippen LogP contribution < -0.4 is 10.5 Å². The van der Waals surface area contributed by atoms with Gasteiger partial charge in [0, 0.05) is 35.5 Å². The zero-order valence-corrected chi connectivity index (χ0v) is 19.8. The first-order chi connectivity index (χ1) is 16.9. The van der Waals surface area contributed by atoms with E-state index < -0.39 is 11.0 Å². The van der Waals surface area contributed by atoms with Crippen molar-refractivity contribution in [3.8, 4) is 11.5 Å². The van der Waals surface area contributed by atoms with Crippen LogP contribution in [0.5, 0.6) is 11.5 Å². The number of amidine groups is 1. The fourth-order valence-electron chi connectivity index (χ4n) is 7.88. The number of rotatable bonds is 3. The lowest BCUT2D eigenvalue weighted by Gasteiger charge is -2.62. The lowest BCUT2D eigenvalue weighted by molar-refractivity contribution is -0.173. The molecule has 35 heavy (non-hydrogen) atoms. The van der Waals surface area contributed by atoms with E-state index in [-0.39, 0.29) is 17.9 Å². The number of hydrogen-bond donors (Lipinski definition) is 4. The highest BCUT2D eigenvalue weighted by Gasteiger charge is 2.72. The number of phenolic OH excluding ortho intramolecular Hbond substituents is 1. The zero-order valence-electron chi connectivity index (χ0n) is 19.8. The molecule has 1 aromatic heterocycles. The maximum Gasteiger partial charge on any atom is 0.166 e. The molecule has 3 aromatic rings. The summed E-state index contributed by atoms with van der Waals surface area (Å²) >= 11 is 0. The number of H-pyrrole nitrogens is 1. The second kappa shape index (κ2) is 6.39. The highest BCUT2D eigenvalue weighted by Crippen LogP contribution is 2.69. The number of benzene rings is 2. The number of nitrogens with zero attached hydrogens (tertiary/aromatic N) is 2. The van der Waals surface area contributed by atoms with Gasteiger partial charge in [0.15, 0.2) is 17.6 Å². The molecule has 1 spiro atoms. The number of ether oxygens (including phenoxy) is 1. The molecule has 5 N–H and O–H groups in total. The number of piperidine rings is 1. The first-order valence-electron chi connectivity index (χ1n) is 12.8. The zero-order chi connectivity index (χ0) is 23.7. The summed E-state index contributed by atoms with van der Waals surface area (Å²) in [6.45, 7) is 3.79. The molecule has 1 saturated heterocycles. The summed E-state index contributed by atoms with van der Waals surface area (Å²) in [5.41, 5.74) is 10.5. The number of aliphatic hydroxyl groups is 1. The van der Waals surface area contributed by atoms with Crippen LogP contribution in [0.15, 0.2) is 35.3 Å². The van der Waals surface area contributed by atoms with Crippen LogP contribution in [0.25, 0.3) is 10.9 Å². The van der Waals surface area contributed by atoms with Crippen molar-refractivity contribution in [2.75, 3.05) is 13.1 Å². The summed E-state index contributed by atoms with van der Waals surface area (Å²) in [7, 11) is 0. The van der Waals surface area contributed by atoms with E-state index in [4.69, 9.17) is 10.5 Å². The smallest absolute Gasteiger partial charge is 0.166 e. The van der Waals surface area contributed by atoms with E-state index in [9.17, 15) is 10.2 Å². The maximum absolute atomic E-state index is 12.9. The van der Waals surface area contributed by atoms with Crippen LogP contribution in [0, 0.1) is 5.92 Å². The average Bonchev–Trinajstić information content (AvgIpc) is 3.46. The van der Waals surface area contributed by atoms with E-state index >= 15 is 0 Å². The van der Waals surface area contributed by atoms with Gasteiger partial charge in [-0.3, -0.25) is 4.90 Å². The molecule has 8 rings (SSSR count). The Labute approximate surface area is 203 Å². The van der Waals surface area contributed by atoms with Gasteiger partial charge in [0.1, 0.15) is 0 Å². The summed E-state index contributed by atoms with van der Waals surface area (Å²) < 4.78 is 6.65. The quantitative estimate of drug-likeness (QED) is 0.346. The molecular formula is C28H30N4O3. The molecule has 1 unspecified atom stereocenters. The summed E-state index contributed by atoms with van der Waals surface area (Å²) in [6, 6.07) is 9.90. The molecule has 2 aromatic carbocycles. The van der Waals surface area contributed by atoms with Crippen molar-refractivity contribution >= 4 is 22.4 Å². The summed E-state index contributed by atoms with van der Waals surface area (Å²) in [6.07, 6.45) is 4.38. The molecule has 7 heteroatoms. The highest BCUT2D eigenvalue weighted by atomic mass is 16.5. The van der Waals surface area contributed by atoms with Crippen molar-refractivity contribution in [3.63, 3.8) is 0 Å². The molecule has 180 valence electrons. The second-order valence-electron chi connectivity index (χ2n) is 11.4. The fraction of sp³-hybridized carbons (Fsp3) is 0.464. The SMILES string of the molecule is CC(N)=Nc1ccc2[nH]c3c(c2c1)C[C@@]1(O)C2Cc4ccc(O)c5c4[C@@]1(CCN2CC1CC1)[C@H]3O5. The molecule has 7 nitrogen and oxygen atoms in total. The minimum absolute atomic E-state index is 0.0246. The summed E-state index contributed by atoms with van der Waals surface area (Å²) in [5, 5.41) is 24.8. The highest BCUT2D eigenvalue weighted by molar-refractivity contribution is 5.90. The molecule has 2 aliphatic heterocycles. The van der Waals surface area contributed by atoms with Crippen LogP contribution in [0.2, 0.25) is 0 Å². The van der Waals surface area contributed by atoms with Crippen molar-refractivity contribution in [1.82, 2.24) is 9.88 Å². The van der Waals surface area contributed by atoms with Gasteiger partial charge in [-0.1, -0.05) is 6.07 Å².